The highest BCUT2D eigenvalue weighted by Crippen LogP contribution is 1.56. The first-order valence-electron chi connectivity index (χ1n) is 1.47. The van der Waals surface area contributed by atoms with Crippen molar-refractivity contribution < 1.29 is 5.21 Å². The standard InChI is InChI=1S/CH7N5O/c2-1(3)6(4)5-7/h5,7H,4H2,(H3,2,3). The van der Waals surface area contributed by atoms with Gasteiger partial charge in [-0.2, -0.15) is 5.12 Å². The van der Waals surface area contributed by atoms with Gasteiger partial charge in [-0.15, -0.1) is 0 Å². The molecule has 0 aromatic carbocycles. The quantitative estimate of drug-likeness (QED) is 0.114. The second-order valence-electron chi connectivity index (χ2n) is 0.855. The van der Waals surface area contributed by atoms with Crippen molar-refractivity contribution in [2.24, 2.45) is 11.6 Å². The maximum atomic E-state index is 7.84. The molecule has 0 amide bonds. The zero-order valence-corrected chi connectivity index (χ0v) is 3.55. The lowest BCUT2D eigenvalue weighted by molar-refractivity contribution is 0.0291. The fourth-order valence-corrected chi connectivity index (χ4v) is 0.0539. The first-order valence-corrected chi connectivity index (χ1v) is 1.47. The molecule has 0 aliphatic heterocycles. The summed E-state index contributed by atoms with van der Waals surface area (Å²) in [6, 6.07) is 0. The van der Waals surface area contributed by atoms with Crippen LogP contribution in [0.4, 0.5) is 0 Å². The Labute approximate surface area is 40.1 Å². The van der Waals surface area contributed by atoms with E-state index < -0.39 is 5.96 Å². The van der Waals surface area contributed by atoms with Gasteiger partial charge in [-0.05, 0) is 0 Å². The number of hydrogen-bond acceptors (Lipinski definition) is 4. The molecule has 0 aliphatic rings. The lowest BCUT2D eigenvalue weighted by atomic mass is 11.1. The van der Waals surface area contributed by atoms with E-state index in [0.717, 1.165) is 0 Å². The molecule has 7 N–H and O–H groups in total. The fourth-order valence-electron chi connectivity index (χ4n) is 0.0539. The SMILES string of the molecule is N=C(N)N(N)NO. The number of nitrogens with two attached hydrogens (primary N) is 2. The zero-order chi connectivity index (χ0) is 5.86. The molecule has 0 aromatic rings. The molecule has 42 valence electrons. The first kappa shape index (κ1) is 6.15. The van der Waals surface area contributed by atoms with Gasteiger partial charge in [-0.25, -0.2) is 5.84 Å². The predicted molar refractivity (Wildman–Crippen MR) is 22.9 cm³/mol. The van der Waals surface area contributed by atoms with E-state index in [1.54, 1.807) is 0 Å². The largest absolute Gasteiger partial charge is 0.368 e. The van der Waals surface area contributed by atoms with E-state index in [4.69, 9.17) is 22.2 Å². The van der Waals surface area contributed by atoms with Crippen LogP contribution in [0, 0.1) is 5.41 Å². The summed E-state index contributed by atoms with van der Waals surface area (Å²) in [5.41, 5.74) is 6.13. The number of nitrogens with zero attached hydrogens (tertiary/aromatic N) is 1. The number of hydrogen-bond donors (Lipinski definition) is 5. The van der Waals surface area contributed by atoms with Crippen LogP contribution in [-0.4, -0.2) is 16.3 Å². The Morgan fingerprint density at radius 2 is 2.29 bits per heavy atom. The Balaban J connectivity index is 3.34. The summed E-state index contributed by atoms with van der Waals surface area (Å²) in [5.74, 6) is 4.28. The lowest BCUT2D eigenvalue weighted by Crippen LogP contribution is -2.49. The summed E-state index contributed by atoms with van der Waals surface area (Å²) >= 11 is 0. The highest BCUT2D eigenvalue weighted by Gasteiger charge is 1.91. The summed E-state index contributed by atoms with van der Waals surface area (Å²) in [5, 5.41) is 14.8. The number of guanidine groups is 1. The van der Waals surface area contributed by atoms with Crippen molar-refractivity contribution in [3.8, 4) is 0 Å². The minimum Gasteiger partial charge on any atom is -0.368 e. The van der Waals surface area contributed by atoms with Gasteiger partial charge < -0.3 is 5.73 Å². The van der Waals surface area contributed by atoms with Gasteiger partial charge in [0.25, 0.3) is 0 Å². The van der Waals surface area contributed by atoms with Crippen molar-refractivity contribution >= 4 is 5.96 Å². The molecule has 0 saturated heterocycles. The Morgan fingerprint density at radius 3 is 2.29 bits per heavy atom. The van der Waals surface area contributed by atoms with Gasteiger partial charge in [0, 0.05) is 0 Å². The maximum absolute atomic E-state index is 7.84. The summed E-state index contributed by atoms with van der Waals surface area (Å²) in [6.45, 7) is 0. The van der Waals surface area contributed by atoms with Gasteiger partial charge in [-0.3, -0.25) is 10.6 Å². The van der Waals surface area contributed by atoms with Gasteiger partial charge in [-0.1, -0.05) is 5.59 Å². The molecule has 0 radical (unpaired) electrons. The normalized spacial score (nSPS) is 8.29. The monoisotopic (exact) mass is 105 g/mol. The van der Waals surface area contributed by atoms with E-state index in [2.05, 4.69) is 0 Å². The van der Waals surface area contributed by atoms with Crippen molar-refractivity contribution in [1.29, 1.82) is 5.41 Å². The van der Waals surface area contributed by atoms with E-state index in [-0.39, 0.29) is 0 Å². The van der Waals surface area contributed by atoms with Crippen molar-refractivity contribution in [3.05, 3.63) is 0 Å². The Kier molecular flexibility index (Phi) is 2.06. The molecule has 6 nitrogen and oxygen atoms in total. The van der Waals surface area contributed by atoms with Crippen LogP contribution < -0.4 is 17.2 Å². The Hall–Kier alpha value is -0.850. The van der Waals surface area contributed by atoms with E-state index in [0.29, 0.717) is 5.12 Å². The average Bonchev–Trinajstić information content (AvgIpc) is 1.65. The molecule has 0 saturated carbocycles. The molecule has 0 aliphatic carbocycles. The molecule has 0 heterocycles. The van der Waals surface area contributed by atoms with Crippen molar-refractivity contribution in [1.82, 2.24) is 10.7 Å². The molecular formula is CH7N5O. The molecule has 7 heavy (non-hydrogen) atoms. The zero-order valence-electron chi connectivity index (χ0n) is 3.55. The van der Waals surface area contributed by atoms with Crippen LogP contribution in [-0.2, 0) is 0 Å². The van der Waals surface area contributed by atoms with E-state index in [1.165, 1.54) is 5.59 Å². The summed E-state index contributed by atoms with van der Waals surface area (Å²) in [6.07, 6.45) is 0. The summed E-state index contributed by atoms with van der Waals surface area (Å²) in [7, 11) is 0. The van der Waals surface area contributed by atoms with Crippen LogP contribution in [0.15, 0.2) is 0 Å². The summed E-state index contributed by atoms with van der Waals surface area (Å²) < 4.78 is 0. The maximum Gasteiger partial charge on any atom is 0.220 e. The number of nitrogens with one attached hydrogen (secondary N) is 2. The third-order valence-corrected chi connectivity index (χ3v) is 0.367. The van der Waals surface area contributed by atoms with Crippen LogP contribution >= 0.6 is 0 Å². The molecule has 0 atom stereocenters. The first-order chi connectivity index (χ1) is 3.18. The third-order valence-electron chi connectivity index (χ3n) is 0.367. The smallest absolute Gasteiger partial charge is 0.220 e. The van der Waals surface area contributed by atoms with E-state index in [9.17, 15) is 0 Å². The molecule has 0 bridgehead atoms. The van der Waals surface area contributed by atoms with Crippen LogP contribution in [0.5, 0.6) is 0 Å². The van der Waals surface area contributed by atoms with E-state index >= 15 is 0 Å². The van der Waals surface area contributed by atoms with Crippen LogP contribution in [0.25, 0.3) is 0 Å². The van der Waals surface area contributed by atoms with E-state index in [1.807, 2.05) is 0 Å². The second kappa shape index (κ2) is 2.35. The summed E-state index contributed by atoms with van der Waals surface area (Å²) in [4.78, 5) is 0. The predicted octanol–water partition coefficient (Wildman–Crippen LogP) is -2.05. The number of hydrazine groups is 2. The minimum atomic E-state index is -0.456. The molecule has 0 unspecified atom stereocenters. The average molecular weight is 105 g/mol. The van der Waals surface area contributed by atoms with Crippen LogP contribution in [0.1, 0.15) is 0 Å². The van der Waals surface area contributed by atoms with Gasteiger partial charge in [0.05, 0.1) is 0 Å². The van der Waals surface area contributed by atoms with Crippen LogP contribution in [0.2, 0.25) is 0 Å². The Bertz CT molecular complexity index is 70.5. The van der Waals surface area contributed by atoms with Crippen molar-refractivity contribution in [2.75, 3.05) is 0 Å². The number of rotatable bonds is 1. The lowest BCUT2D eigenvalue weighted by Gasteiger charge is -2.10. The second-order valence-corrected chi connectivity index (χ2v) is 0.855. The molecule has 0 spiro atoms. The Morgan fingerprint density at radius 1 is 1.86 bits per heavy atom. The van der Waals surface area contributed by atoms with Gasteiger partial charge in [0.2, 0.25) is 5.96 Å². The van der Waals surface area contributed by atoms with Gasteiger partial charge >= 0.3 is 0 Å². The molecular weight excluding hydrogens is 98.0 g/mol. The van der Waals surface area contributed by atoms with Gasteiger partial charge in [0.15, 0.2) is 0 Å². The highest BCUT2D eigenvalue weighted by molar-refractivity contribution is 5.73. The third kappa shape index (κ3) is 1.93. The highest BCUT2D eigenvalue weighted by atomic mass is 16.5. The topological polar surface area (TPSA) is 111 Å². The van der Waals surface area contributed by atoms with Crippen LogP contribution in [0.3, 0.4) is 0 Å². The minimum absolute atomic E-state index is 0.456. The fraction of sp³-hybridized carbons (Fsp3) is 0. The molecule has 0 rings (SSSR count). The molecule has 0 fully saturated rings. The van der Waals surface area contributed by atoms with Crippen molar-refractivity contribution in [3.63, 3.8) is 0 Å². The molecule has 6 heteroatoms. The van der Waals surface area contributed by atoms with Gasteiger partial charge in [0.1, 0.15) is 0 Å². The molecule has 0 aromatic heterocycles. The van der Waals surface area contributed by atoms with Crippen molar-refractivity contribution in [2.45, 2.75) is 0 Å².